The first kappa shape index (κ1) is 38.8. The summed E-state index contributed by atoms with van der Waals surface area (Å²) in [5, 5.41) is 27.9. The molecule has 3 aliphatic heterocycles. The van der Waals surface area contributed by atoms with Crippen molar-refractivity contribution in [1.29, 1.82) is 0 Å². The molecule has 3 aliphatic rings. The molecule has 56 heavy (non-hydrogen) atoms. The maximum Gasteiger partial charge on any atom is 0.407 e. The number of phenolic OH excluding ortho intramolecular Hbond substituents is 1. The molecule has 3 fully saturated rings. The number of aromatic amines is 1. The summed E-state index contributed by atoms with van der Waals surface area (Å²) in [4.78, 5) is 40.8. The van der Waals surface area contributed by atoms with E-state index >= 15 is 0 Å². The third-order valence-electron chi connectivity index (χ3n) is 11.4. The molecule has 3 atom stereocenters. The predicted molar refractivity (Wildman–Crippen MR) is 216 cm³/mol. The molecule has 0 radical (unpaired) electrons. The van der Waals surface area contributed by atoms with E-state index < -0.39 is 12.1 Å². The number of aromatic hydroxyl groups is 1. The Labute approximate surface area is 326 Å². The van der Waals surface area contributed by atoms with Crippen molar-refractivity contribution in [2.24, 2.45) is 5.92 Å². The predicted octanol–water partition coefficient (Wildman–Crippen LogP) is 6.49. The first-order valence-electron chi connectivity index (χ1n) is 19.6. The number of fused-ring (bicyclic) bond motifs is 4. The van der Waals surface area contributed by atoms with Crippen LogP contribution in [0.15, 0.2) is 108 Å². The highest BCUT2D eigenvalue weighted by atomic mass is 16.6. The molecule has 5 aromatic rings. The van der Waals surface area contributed by atoms with E-state index in [9.17, 15) is 24.6 Å². The van der Waals surface area contributed by atoms with Gasteiger partial charge in [0.1, 0.15) is 31.2 Å². The van der Waals surface area contributed by atoms with Gasteiger partial charge in [-0.1, -0.05) is 80.1 Å². The van der Waals surface area contributed by atoms with E-state index in [1.54, 1.807) is 12.1 Å². The zero-order valence-electron chi connectivity index (χ0n) is 31.8. The van der Waals surface area contributed by atoms with Crippen LogP contribution in [-0.4, -0.2) is 83.1 Å². The molecule has 5 N–H and O–H groups in total. The van der Waals surface area contributed by atoms with Gasteiger partial charge in [-0.2, -0.15) is 0 Å². The largest absolute Gasteiger partial charge is 0.506 e. The van der Waals surface area contributed by atoms with Crippen LogP contribution in [-0.2, 0) is 11.3 Å². The number of quaternary nitrogens is 1. The molecule has 1 aromatic heterocycles. The number of phenols is 1. The van der Waals surface area contributed by atoms with Crippen molar-refractivity contribution < 1.29 is 33.8 Å². The summed E-state index contributed by atoms with van der Waals surface area (Å²) in [6, 6.07) is 31.1. The Balaban J connectivity index is 0.941. The average molecular weight is 760 g/mol. The first-order valence-corrected chi connectivity index (χ1v) is 19.6. The second-order valence-electron chi connectivity index (χ2n) is 15.3. The fourth-order valence-electron chi connectivity index (χ4n) is 8.42. The number of hydrogen-bond acceptors (Lipinski definition) is 8. The number of carbonyl (C=O) groups is 2. The lowest BCUT2D eigenvalue weighted by atomic mass is 9.83. The molecule has 4 aromatic carbocycles. The van der Waals surface area contributed by atoms with Crippen LogP contribution in [0.25, 0.3) is 22.0 Å². The van der Waals surface area contributed by atoms with Gasteiger partial charge in [-0.15, -0.1) is 0 Å². The van der Waals surface area contributed by atoms with Crippen molar-refractivity contribution in [3.63, 3.8) is 0 Å². The number of ketones is 1. The monoisotopic (exact) mass is 759 g/mol. The number of pyridine rings is 1. The van der Waals surface area contributed by atoms with E-state index in [1.807, 2.05) is 78.9 Å². The summed E-state index contributed by atoms with van der Waals surface area (Å²) in [7, 11) is 0. The van der Waals surface area contributed by atoms with Gasteiger partial charge in [-0.3, -0.25) is 9.59 Å². The SMILES string of the molecule is CCCC(COc1cccc(-c2cccc(CNC(=O)O[C@H]3C[N+]4(CC(=O)c5ccccc5)CCC3CC4)c2)c1)N[C@@H](CO)c1ccc(O)c2[nH]c(=O)ccc12. The molecular weight excluding hydrogens is 709 g/mol. The number of nitrogens with one attached hydrogen (secondary N) is 3. The number of hydrogen-bond donors (Lipinski definition) is 5. The Hall–Kier alpha value is -5.49. The van der Waals surface area contributed by atoms with E-state index in [0.29, 0.717) is 53.3 Å². The fraction of sp³-hybridized carbons (Fsp3) is 0.356. The molecule has 1 amide bonds. The van der Waals surface area contributed by atoms with Crippen molar-refractivity contribution in [3.05, 3.63) is 130 Å². The second kappa shape index (κ2) is 17.5. The molecule has 2 bridgehead atoms. The molecule has 11 nitrogen and oxygen atoms in total. The number of aliphatic hydroxyl groups excluding tert-OH is 1. The van der Waals surface area contributed by atoms with E-state index in [4.69, 9.17) is 9.47 Å². The summed E-state index contributed by atoms with van der Waals surface area (Å²) in [6.45, 7) is 5.56. The van der Waals surface area contributed by atoms with Crippen LogP contribution in [0.3, 0.4) is 0 Å². The van der Waals surface area contributed by atoms with Crippen molar-refractivity contribution in [2.45, 2.75) is 57.3 Å². The molecule has 1 unspecified atom stereocenters. The van der Waals surface area contributed by atoms with Gasteiger partial charge < -0.3 is 39.8 Å². The van der Waals surface area contributed by atoms with Crippen LogP contribution in [0.4, 0.5) is 4.79 Å². The number of alkyl carbamates (subject to hydrolysis) is 1. The number of aromatic nitrogens is 1. The van der Waals surface area contributed by atoms with Crippen molar-refractivity contribution >= 4 is 22.8 Å². The number of H-pyrrole nitrogens is 1. The van der Waals surface area contributed by atoms with Crippen molar-refractivity contribution in [1.82, 2.24) is 15.6 Å². The third-order valence-corrected chi connectivity index (χ3v) is 11.4. The standard InChI is InChI=1S/C45H50N4O7/c1-2-8-35(47-39(28-50)37-15-17-40(51)44-38(37)16-18-43(53)48-44)29-55-36-14-7-13-34(24-36)33-12-6-9-30(23-33)25-46-45(54)56-42-27-49(21-19-32(42)20-22-49)26-41(52)31-10-4-3-5-11-31/h3-7,9-18,23-24,32,35,39,42,47,50H,2,8,19-22,25-29H2,1H3,(H2-,46,48,51,53,54)/p+1/t32?,35?,39-,42-,49?/m0/s1. The Bertz CT molecular complexity index is 2200. The number of nitrogens with zero attached hydrogens (tertiary/aromatic N) is 1. The maximum atomic E-state index is 13.1. The number of ether oxygens (including phenoxy) is 2. The molecular formula is C45H51N4O7+. The van der Waals surface area contributed by atoms with Gasteiger partial charge in [0.05, 0.1) is 31.3 Å². The number of rotatable bonds is 16. The van der Waals surface area contributed by atoms with Crippen LogP contribution in [0.2, 0.25) is 0 Å². The number of piperidine rings is 3. The summed E-state index contributed by atoms with van der Waals surface area (Å²) >= 11 is 0. The lowest BCUT2D eigenvalue weighted by Gasteiger charge is -2.51. The summed E-state index contributed by atoms with van der Waals surface area (Å²) in [5.74, 6) is 1.13. The van der Waals surface area contributed by atoms with Gasteiger partial charge in [0.15, 0.2) is 6.10 Å². The maximum absolute atomic E-state index is 13.1. The van der Waals surface area contributed by atoms with Crippen LogP contribution in [0.1, 0.15) is 60.1 Å². The molecule has 0 saturated carbocycles. The highest BCUT2D eigenvalue weighted by Gasteiger charge is 2.48. The Morgan fingerprint density at radius 1 is 0.929 bits per heavy atom. The molecule has 8 rings (SSSR count). The highest BCUT2D eigenvalue weighted by molar-refractivity contribution is 5.97. The second-order valence-corrected chi connectivity index (χ2v) is 15.3. The van der Waals surface area contributed by atoms with E-state index in [2.05, 4.69) is 22.5 Å². The van der Waals surface area contributed by atoms with Gasteiger partial charge in [0.25, 0.3) is 0 Å². The number of Topliss-reactive ketones (excluding diaryl/α,β-unsaturated/α-hetero) is 1. The lowest BCUT2D eigenvalue weighted by molar-refractivity contribution is -0.938. The van der Waals surface area contributed by atoms with Crippen LogP contribution in [0, 0.1) is 5.92 Å². The van der Waals surface area contributed by atoms with Crippen molar-refractivity contribution in [3.8, 4) is 22.6 Å². The minimum atomic E-state index is -0.451. The molecule has 4 heterocycles. The summed E-state index contributed by atoms with van der Waals surface area (Å²) < 4.78 is 13.0. The van der Waals surface area contributed by atoms with Gasteiger partial charge in [0, 0.05) is 48.4 Å². The van der Waals surface area contributed by atoms with E-state index in [-0.39, 0.29) is 35.8 Å². The zero-order chi connectivity index (χ0) is 39.1. The molecule has 0 spiro atoms. The number of carbonyl (C=O) groups excluding carboxylic acids is 2. The van der Waals surface area contributed by atoms with E-state index in [1.165, 1.54) is 12.1 Å². The summed E-state index contributed by atoms with van der Waals surface area (Å²) in [6.07, 6.45) is 2.95. The third kappa shape index (κ3) is 9.13. The van der Waals surface area contributed by atoms with Gasteiger partial charge >= 0.3 is 6.09 Å². The van der Waals surface area contributed by atoms with Gasteiger partial charge in [-0.05, 0) is 59.0 Å². The smallest absolute Gasteiger partial charge is 0.407 e. The zero-order valence-corrected chi connectivity index (χ0v) is 31.8. The molecule has 11 heteroatoms. The van der Waals surface area contributed by atoms with Gasteiger partial charge in [-0.25, -0.2) is 4.79 Å². The molecule has 292 valence electrons. The molecule has 0 aliphatic carbocycles. The average Bonchev–Trinajstić information content (AvgIpc) is 3.22. The quantitative estimate of drug-likeness (QED) is 0.0567. The molecule has 3 saturated heterocycles. The minimum Gasteiger partial charge on any atom is -0.506 e. The lowest BCUT2D eigenvalue weighted by Crippen LogP contribution is -2.66. The van der Waals surface area contributed by atoms with E-state index in [0.717, 1.165) is 66.6 Å². The number of amides is 1. The fourth-order valence-corrected chi connectivity index (χ4v) is 8.42. The number of aliphatic hydroxyl groups is 1. The van der Waals surface area contributed by atoms with Crippen molar-refractivity contribution in [2.75, 3.05) is 39.4 Å². The Morgan fingerprint density at radius 3 is 2.46 bits per heavy atom. The Kier molecular flexibility index (Phi) is 12.1. The van der Waals surface area contributed by atoms with Gasteiger partial charge in [0.2, 0.25) is 11.3 Å². The number of benzene rings is 4. The minimum absolute atomic E-state index is 0.0276. The summed E-state index contributed by atoms with van der Waals surface area (Å²) in [5.41, 5.74) is 4.41. The Morgan fingerprint density at radius 2 is 1.70 bits per heavy atom. The van der Waals surface area contributed by atoms with Crippen LogP contribution < -0.4 is 20.9 Å². The first-order chi connectivity index (χ1) is 27.2. The topological polar surface area (TPSA) is 150 Å². The van der Waals surface area contributed by atoms with Crippen LogP contribution in [0.5, 0.6) is 11.5 Å². The van der Waals surface area contributed by atoms with Crippen LogP contribution >= 0.6 is 0 Å². The highest BCUT2D eigenvalue weighted by Crippen LogP contribution is 2.36. The normalized spacial score (nSPS) is 20.0.